The molecule has 0 unspecified atom stereocenters. The minimum atomic E-state index is -0.264. The molecule has 0 aliphatic carbocycles. The predicted octanol–water partition coefficient (Wildman–Crippen LogP) is 4.36. The number of carbonyl (C=O) groups is 1. The second-order valence-electron chi connectivity index (χ2n) is 8.64. The lowest BCUT2D eigenvalue weighted by Gasteiger charge is -2.11. The van der Waals surface area contributed by atoms with Crippen molar-refractivity contribution in [2.45, 2.75) is 53.0 Å². The third-order valence-corrected chi connectivity index (χ3v) is 5.95. The fraction of sp³-hybridized carbons (Fsp3) is 0.333. The summed E-state index contributed by atoms with van der Waals surface area (Å²) < 4.78 is 3.36. The highest BCUT2D eigenvalue weighted by molar-refractivity contribution is 6.04. The number of carbonyl (C=O) groups excluding carboxylic acids is 1. The van der Waals surface area contributed by atoms with Crippen LogP contribution in [0.3, 0.4) is 0 Å². The first-order valence-electron chi connectivity index (χ1n) is 11.9. The molecule has 0 radical (unpaired) electrons. The molecule has 2 aromatic heterocycles. The molecule has 0 atom stereocenters. The van der Waals surface area contributed by atoms with Crippen LogP contribution in [0.15, 0.2) is 59.4 Å². The summed E-state index contributed by atoms with van der Waals surface area (Å²) >= 11 is 0. The van der Waals surface area contributed by atoms with Gasteiger partial charge in [-0.3, -0.25) is 9.59 Å². The molecule has 4 aromatic rings. The maximum Gasteiger partial charge on any atom is 0.274 e. The van der Waals surface area contributed by atoms with Gasteiger partial charge in [0.15, 0.2) is 5.69 Å². The van der Waals surface area contributed by atoms with E-state index in [1.54, 1.807) is 12.1 Å². The van der Waals surface area contributed by atoms with Gasteiger partial charge in [0.1, 0.15) is 0 Å². The van der Waals surface area contributed by atoms with E-state index < -0.39 is 0 Å². The van der Waals surface area contributed by atoms with Crippen molar-refractivity contribution in [2.24, 2.45) is 0 Å². The van der Waals surface area contributed by atoms with E-state index in [1.807, 2.05) is 48.9 Å². The number of nitrogens with zero attached hydrogens (tertiary/aromatic N) is 4. The lowest BCUT2D eigenvalue weighted by atomic mass is 10.1. The van der Waals surface area contributed by atoms with Crippen LogP contribution in [0, 0.1) is 13.8 Å². The third kappa shape index (κ3) is 5.09. The van der Waals surface area contributed by atoms with Crippen molar-refractivity contribution in [1.29, 1.82) is 0 Å². The Morgan fingerprint density at radius 3 is 2.38 bits per heavy atom. The Morgan fingerprint density at radius 1 is 0.971 bits per heavy atom. The molecule has 2 aromatic carbocycles. The van der Waals surface area contributed by atoms with Gasteiger partial charge in [-0.25, -0.2) is 9.36 Å². The van der Waals surface area contributed by atoms with E-state index in [9.17, 15) is 9.59 Å². The van der Waals surface area contributed by atoms with Crippen LogP contribution < -0.4 is 10.9 Å². The molecule has 0 aliphatic heterocycles. The minimum absolute atomic E-state index is 0.147. The molecular weight excluding hydrogens is 426 g/mol. The molecule has 0 saturated heterocycles. The molecule has 0 fully saturated rings. The highest BCUT2D eigenvalue weighted by Crippen LogP contribution is 2.15. The van der Waals surface area contributed by atoms with Crippen LogP contribution in [0.1, 0.15) is 53.6 Å². The van der Waals surface area contributed by atoms with Gasteiger partial charge in [-0.2, -0.15) is 10.2 Å². The summed E-state index contributed by atoms with van der Waals surface area (Å²) in [5.74, 6) is -0.264. The standard InChI is InChI=1S/C27H31N5O2/c1-4-5-8-17-31-27(34)24-10-7-6-9-23(24)25(30-31)26(33)28-16-15-21-11-13-22(14-12-21)32-20(3)18-19(2)29-32/h6-7,9-14,18H,4-5,8,15-17H2,1-3H3,(H,28,33). The van der Waals surface area contributed by atoms with Crippen LogP contribution in [0.25, 0.3) is 16.5 Å². The van der Waals surface area contributed by atoms with E-state index in [4.69, 9.17) is 0 Å². The van der Waals surface area contributed by atoms with Crippen LogP contribution in [0.5, 0.6) is 0 Å². The first-order valence-corrected chi connectivity index (χ1v) is 11.9. The third-order valence-electron chi connectivity index (χ3n) is 5.95. The maximum atomic E-state index is 13.0. The summed E-state index contributed by atoms with van der Waals surface area (Å²) in [5.41, 5.74) is 4.36. The normalized spacial score (nSPS) is 11.1. The summed E-state index contributed by atoms with van der Waals surface area (Å²) in [7, 11) is 0. The molecule has 34 heavy (non-hydrogen) atoms. The van der Waals surface area contributed by atoms with Crippen LogP contribution in [-0.2, 0) is 13.0 Å². The van der Waals surface area contributed by atoms with Crippen molar-refractivity contribution < 1.29 is 4.79 Å². The molecule has 7 nitrogen and oxygen atoms in total. The molecule has 0 spiro atoms. The zero-order valence-electron chi connectivity index (χ0n) is 20.0. The van der Waals surface area contributed by atoms with E-state index in [1.165, 1.54) is 4.68 Å². The summed E-state index contributed by atoms with van der Waals surface area (Å²) in [6.07, 6.45) is 3.62. The Balaban J connectivity index is 1.45. The molecule has 1 N–H and O–H groups in total. The average Bonchev–Trinajstić information content (AvgIpc) is 3.18. The predicted molar refractivity (Wildman–Crippen MR) is 135 cm³/mol. The number of aryl methyl sites for hydroxylation is 3. The van der Waals surface area contributed by atoms with Gasteiger partial charge in [0.25, 0.3) is 11.5 Å². The second kappa shape index (κ2) is 10.5. The van der Waals surface area contributed by atoms with Crippen LogP contribution >= 0.6 is 0 Å². The molecule has 0 saturated carbocycles. The Labute approximate surface area is 199 Å². The average molecular weight is 458 g/mol. The summed E-state index contributed by atoms with van der Waals surface area (Å²) in [4.78, 5) is 25.8. The van der Waals surface area contributed by atoms with Gasteiger partial charge in [0.05, 0.1) is 16.8 Å². The number of aromatic nitrogens is 4. The molecule has 0 bridgehead atoms. The molecule has 2 heterocycles. The SMILES string of the molecule is CCCCCn1nc(C(=O)NCCc2ccc(-n3nc(C)cc3C)cc2)c2ccccc2c1=O. The van der Waals surface area contributed by atoms with Gasteiger partial charge >= 0.3 is 0 Å². The Bertz CT molecular complexity index is 1350. The highest BCUT2D eigenvalue weighted by atomic mass is 16.2. The Kier molecular flexibility index (Phi) is 7.21. The van der Waals surface area contributed by atoms with Gasteiger partial charge in [-0.1, -0.05) is 50.1 Å². The van der Waals surface area contributed by atoms with E-state index in [0.717, 1.165) is 41.9 Å². The Hall–Kier alpha value is -3.74. The number of unbranched alkanes of at least 4 members (excludes halogenated alkanes) is 2. The van der Waals surface area contributed by atoms with Gasteiger partial charge in [0.2, 0.25) is 0 Å². The first-order chi connectivity index (χ1) is 16.5. The number of nitrogens with one attached hydrogen (secondary N) is 1. The van der Waals surface area contributed by atoms with Crippen molar-refractivity contribution in [2.75, 3.05) is 6.54 Å². The topological polar surface area (TPSA) is 81.8 Å². The van der Waals surface area contributed by atoms with Gasteiger partial charge in [-0.15, -0.1) is 0 Å². The largest absolute Gasteiger partial charge is 0.350 e. The minimum Gasteiger partial charge on any atom is -0.350 e. The summed E-state index contributed by atoms with van der Waals surface area (Å²) in [5, 5.41) is 13.0. The van der Waals surface area contributed by atoms with Crippen molar-refractivity contribution >= 4 is 16.7 Å². The number of fused-ring (bicyclic) bond motifs is 1. The number of hydrogen-bond donors (Lipinski definition) is 1. The zero-order valence-corrected chi connectivity index (χ0v) is 20.0. The highest BCUT2D eigenvalue weighted by Gasteiger charge is 2.16. The lowest BCUT2D eigenvalue weighted by molar-refractivity contribution is 0.0948. The number of hydrogen-bond acceptors (Lipinski definition) is 4. The molecule has 7 heteroatoms. The van der Waals surface area contributed by atoms with E-state index >= 15 is 0 Å². The molecule has 1 amide bonds. The number of benzene rings is 2. The molecule has 4 rings (SSSR count). The van der Waals surface area contributed by atoms with Crippen LogP contribution in [-0.4, -0.2) is 32.0 Å². The van der Waals surface area contributed by atoms with Crippen LogP contribution in [0.2, 0.25) is 0 Å². The van der Waals surface area contributed by atoms with E-state index in [-0.39, 0.29) is 11.5 Å². The van der Waals surface area contributed by atoms with E-state index in [2.05, 4.69) is 34.6 Å². The van der Waals surface area contributed by atoms with Gasteiger partial charge < -0.3 is 5.32 Å². The van der Waals surface area contributed by atoms with Crippen molar-refractivity contribution in [1.82, 2.24) is 24.9 Å². The Morgan fingerprint density at radius 2 is 1.71 bits per heavy atom. The second-order valence-corrected chi connectivity index (χ2v) is 8.64. The number of rotatable bonds is 9. The fourth-order valence-electron chi connectivity index (χ4n) is 4.16. The van der Waals surface area contributed by atoms with E-state index in [0.29, 0.717) is 36.0 Å². The first kappa shape index (κ1) is 23.4. The van der Waals surface area contributed by atoms with Crippen molar-refractivity contribution in [3.05, 3.63) is 87.6 Å². The van der Waals surface area contributed by atoms with Crippen LogP contribution in [0.4, 0.5) is 0 Å². The quantitative estimate of drug-likeness (QED) is 0.379. The monoisotopic (exact) mass is 457 g/mol. The molecule has 176 valence electrons. The smallest absolute Gasteiger partial charge is 0.274 e. The fourth-order valence-corrected chi connectivity index (χ4v) is 4.16. The van der Waals surface area contributed by atoms with Crippen molar-refractivity contribution in [3.63, 3.8) is 0 Å². The molecule has 0 aliphatic rings. The van der Waals surface area contributed by atoms with Gasteiger partial charge in [0, 0.05) is 24.2 Å². The summed E-state index contributed by atoms with van der Waals surface area (Å²) in [6, 6.07) is 17.4. The van der Waals surface area contributed by atoms with Crippen molar-refractivity contribution in [3.8, 4) is 5.69 Å². The maximum absolute atomic E-state index is 13.0. The molecular formula is C27H31N5O2. The number of amides is 1. The summed E-state index contributed by atoms with van der Waals surface area (Å²) in [6.45, 7) is 7.12. The van der Waals surface area contributed by atoms with Gasteiger partial charge in [-0.05, 0) is 56.5 Å². The lowest BCUT2D eigenvalue weighted by Crippen LogP contribution is -2.31. The zero-order chi connectivity index (χ0) is 24.1.